The molecular weight excluding hydrogens is 428 g/mol. The van der Waals surface area contributed by atoms with Crippen molar-refractivity contribution in [1.29, 1.82) is 0 Å². The Bertz CT molecular complexity index is 1160. The van der Waals surface area contributed by atoms with E-state index in [1.54, 1.807) is 6.20 Å². The highest BCUT2D eigenvalue weighted by atomic mass is 16.5. The molecule has 3 aromatic heterocycles. The second-order valence-electron chi connectivity index (χ2n) is 9.39. The number of piperazine rings is 1. The maximum Gasteiger partial charge on any atom is 0.227 e. The number of aryl methyl sites for hydroxylation is 1. The van der Waals surface area contributed by atoms with Crippen molar-refractivity contribution in [2.24, 2.45) is 0 Å². The van der Waals surface area contributed by atoms with Crippen LogP contribution in [-0.4, -0.2) is 83.4 Å². The molecule has 9 heteroatoms. The predicted octanol–water partition coefficient (Wildman–Crippen LogP) is 2.71. The number of hydrogen-bond donors (Lipinski definition) is 1. The Morgan fingerprint density at radius 2 is 1.88 bits per heavy atom. The highest BCUT2D eigenvalue weighted by Crippen LogP contribution is 2.34. The summed E-state index contributed by atoms with van der Waals surface area (Å²) >= 11 is 0. The summed E-state index contributed by atoms with van der Waals surface area (Å²) in [6.45, 7) is 7.54. The van der Waals surface area contributed by atoms with Crippen molar-refractivity contribution in [1.82, 2.24) is 24.8 Å². The Hall–Kier alpha value is -3.30. The first-order valence-corrected chi connectivity index (χ1v) is 12.0. The Morgan fingerprint density at radius 1 is 1.00 bits per heavy atom. The highest BCUT2D eigenvalue weighted by molar-refractivity contribution is 5.64. The fraction of sp³-hybridized carbons (Fsp3) is 0.440. The quantitative estimate of drug-likeness (QED) is 0.620. The molecule has 2 unspecified atom stereocenters. The third kappa shape index (κ3) is 4.05. The lowest BCUT2D eigenvalue weighted by Gasteiger charge is -2.33. The minimum Gasteiger partial charge on any atom is -0.378 e. The van der Waals surface area contributed by atoms with Crippen LogP contribution >= 0.6 is 0 Å². The van der Waals surface area contributed by atoms with Gasteiger partial charge in [0.1, 0.15) is 11.6 Å². The zero-order valence-corrected chi connectivity index (χ0v) is 19.7. The van der Waals surface area contributed by atoms with Crippen LogP contribution in [0.4, 0.5) is 23.3 Å². The molecule has 2 atom stereocenters. The summed E-state index contributed by atoms with van der Waals surface area (Å²) in [6.07, 6.45) is 6.76. The van der Waals surface area contributed by atoms with E-state index in [9.17, 15) is 0 Å². The van der Waals surface area contributed by atoms with Crippen molar-refractivity contribution in [3.63, 3.8) is 0 Å². The van der Waals surface area contributed by atoms with E-state index in [1.165, 1.54) is 12.0 Å². The highest BCUT2D eigenvalue weighted by Gasteiger charge is 2.42. The van der Waals surface area contributed by atoms with E-state index in [-0.39, 0.29) is 0 Å². The smallest absolute Gasteiger partial charge is 0.227 e. The van der Waals surface area contributed by atoms with Crippen LogP contribution in [0.15, 0.2) is 42.9 Å². The maximum absolute atomic E-state index is 5.43. The Morgan fingerprint density at radius 3 is 2.59 bits per heavy atom. The minimum absolute atomic E-state index is 0.547. The number of rotatable bonds is 5. The molecule has 0 aromatic carbocycles. The molecule has 0 spiro atoms. The minimum atomic E-state index is 0.547. The van der Waals surface area contributed by atoms with Crippen LogP contribution in [0, 0.1) is 6.92 Å². The molecule has 3 aliphatic rings. The molecule has 1 N–H and O–H groups in total. The summed E-state index contributed by atoms with van der Waals surface area (Å²) in [5, 5.41) is 3.32. The Labute approximate surface area is 199 Å². The number of pyridine rings is 2. The van der Waals surface area contributed by atoms with Gasteiger partial charge in [-0.1, -0.05) is 0 Å². The van der Waals surface area contributed by atoms with Gasteiger partial charge in [0.25, 0.3) is 0 Å². The summed E-state index contributed by atoms with van der Waals surface area (Å²) in [5.74, 6) is 2.61. The normalized spacial score (nSPS) is 22.4. The molecular formula is C25H30N8O. The molecule has 3 aliphatic heterocycles. The van der Waals surface area contributed by atoms with Gasteiger partial charge < -0.3 is 19.9 Å². The molecule has 34 heavy (non-hydrogen) atoms. The molecule has 0 radical (unpaired) electrons. The van der Waals surface area contributed by atoms with Gasteiger partial charge in [-0.15, -0.1) is 0 Å². The largest absolute Gasteiger partial charge is 0.378 e. The lowest BCUT2D eigenvalue weighted by Crippen LogP contribution is -2.45. The van der Waals surface area contributed by atoms with Gasteiger partial charge in [-0.3, -0.25) is 4.90 Å². The van der Waals surface area contributed by atoms with E-state index in [0.717, 1.165) is 68.0 Å². The number of nitrogens with one attached hydrogen (secondary N) is 1. The maximum atomic E-state index is 5.43. The standard InChI is InChI=1S/C25H30N8O/c1-17-11-19(14-28-24(17)33-16-20-12-21(33)15-31(20)2)29-25-26-6-5-22(30-25)18-3-4-23(27-13-18)32-7-9-34-10-8-32/h3-6,11,13-14,20-21H,7-10,12,15-16H2,1-2H3,(H,26,29,30). The van der Waals surface area contributed by atoms with Crippen LogP contribution < -0.4 is 15.1 Å². The first kappa shape index (κ1) is 21.2. The second-order valence-corrected chi connectivity index (χ2v) is 9.39. The van der Waals surface area contributed by atoms with Crippen LogP contribution in [0.25, 0.3) is 11.3 Å². The first-order valence-electron chi connectivity index (χ1n) is 12.0. The topological polar surface area (TPSA) is 82.5 Å². The summed E-state index contributed by atoms with van der Waals surface area (Å²) in [4.78, 5) is 25.7. The molecule has 0 aliphatic carbocycles. The fourth-order valence-electron chi connectivity index (χ4n) is 5.29. The van der Waals surface area contributed by atoms with E-state index in [0.29, 0.717) is 18.0 Å². The van der Waals surface area contributed by atoms with Gasteiger partial charge >= 0.3 is 0 Å². The van der Waals surface area contributed by atoms with E-state index in [1.807, 2.05) is 24.5 Å². The number of hydrogen-bond acceptors (Lipinski definition) is 9. The Kier molecular flexibility index (Phi) is 5.50. The number of anilines is 4. The number of likely N-dealkylation sites (N-methyl/N-ethyl adjacent to an activating group) is 1. The average Bonchev–Trinajstić information content (AvgIpc) is 3.45. The van der Waals surface area contributed by atoms with Crippen LogP contribution in [-0.2, 0) is 4.74 Å². The first-order chi connectivity index (χ1) is 16.6. The molecule has 2 bridgehead atoms. The van der Waals surface area contributed by atoms with Crippen LogP contribution in [0.2, 0.25) is 0 Å². The molecule has 6 heterocycles. The third-order valence-corrected chi connectivity index (χ3v) is 7.13. The van der Waals surface area contributed by atoms with Gasteiger partial charge in [0.2, 0.25) is 5.95 Å². The molecule has 3 aromatic rings. The zero-order chi connectivity index (χ0) is 23.1. The van der Waals surface area contributed by atoms with E-state index in [2.05, 4.69) is 56.1 Å². The number of aromatic nitrogens is 4. The second kappa shape index (κ2) is 8.81. The van der Waals surface area contributed by atoms with E-state index < -0.39 is 0 Å². The van der Waals surface area contributed by atoms with Crippen LogP contribution in [0.5, 0.6) is 0 Å². The number of nitrogens with zero attached hydrogens (tertiary/aromatic N) is 7. The monoisotopic (exact) mass is 458 g/mol. The molecule has 0 saturated carbocycles. The number of likely N-dealkylation sites (tertiary alicyclic amines) is 1. The molecule has 176 valence electrons. The molecule has 9 nitrogen and oxygen atoms in total. The van der Waals surface area contributed by atoms with Crippen LogP contribution in [0.3, 0.4) is 0 Å². The van der Waals surface area contributed by atoms with E-state index >= 15 is 0 Å². The third-order valence-electron chi connectivity index (χ3n) is 7.13. The number of morpholine rings is 1. The van der Waals surface area contributed by atoms with Crippen molar-refractivity contribution in [3.8, 4) is 11.3 Å². The van der Waals surface area contributed by atoms with Crippen molar-refractivity contribution >= 4 is 23.3 Å². The van der Waals surface area contributed by atoms with Gasteiger partial charge in [-0.2, -0.15) is 0 Å². The van der Waals surface area contributed by atoms with Crippen molar-refractivity contribution in [2.45, 2.75) is 25.4 Å². The molecule has 6 rings (SSSR count). The average molecular weight is 459 g/mol. The lowest BCUT2D eigenvalue weighted by molar-refractivity contribution is 0.122. The zero-order valence-electron chi connectivity index (χ0n) is 19.7. The number of ether oxygens (including phenoxy) is 1. The van der Waals surface area contributed by atoms with Crippen molar-refractivity contribution in [2.75, 3.05) is 61.6 Å². The summed E-state index contributed by atoms with van der Waals surface area (Å²) in [5.41, 5.74) is 3.85. The molecule has 0 amide bonds. The van der Waals surface area contributed by atoms with Crippen molar-refractivity contribution < 1.29 is 4.74 Å². The Balaban J connectivity index is 1.16. The lowest BCUT2D eigenvalue weighted by atomic mass is 10.2. The molecule has 3 fully saturated rings. The molecule has 3 saturated heterocycles. The summed E-state index contributed by atoms with van der Waals surface area (Å²) in [6, 6.07) is 9.37. The summed E-state index contributed by atoms with van der Waals surface area (Å²) in [7, 11) is 2.22. The van der Waals surface area contributed by atoms with Gasteiger partial charge in [0.05, 0.1) is 30.8 Å². The van der Waals surface area contributed by atoms with Crippen LogP contribution in [0.1, 0.15) is 12.0 Å². The van der Waals surface area contributed by atoms with E-state index in [4.69, 9.17) is 14.7 Å². The van der Waals surface area contributed by atoms with Gasteiger partial charge in [0, 0.05) is 56.2 Å². The summed E-state index contributed by atoms with van der Waals surface area (Å²) < 4.78 is 5.43. The predicted molar refractivity (Wildman–Crippen MR) is 133 cm³/mol. The SMILES string of the molecule is Cc1cc(Nc2nccc(-c3ccc(N4CCOCC4)nc3)n2)cnc1N1CC2CC1CN2C. The van der Waals surface area contributed by atoms with Gasteiger partial charge in [-0.05, 0) is 50.2 Å². The van der Waals surface area contributed by atoms with Crippen molar-refractivity contribution in [3.05, 3.63) is 48.4 Å². The fourth-order valence-corrected chi connectivity index (χ4v) is 5.29. The van der Waals surface area contributed by atoms with Gasteiger partial charge in [-0.25, -0.2) is 19.9 Å². The number of fused-ring (bicyclic) bond motifs is 2. The van der Waals surface area contributed by atoms with Gasteiger partial charge in [0.15, 0.2) is 0 Å².